The van der Waals surface area contributed by atoms with E-state index in [1.54, 1.807) is 37.1 Å². The molecule has 1 aliphatic heterocycles. The van der Waals surface area contributed by atoms with Gasteiger partial charge in [-0.2, -0.15) is 4.98 Å². The second kappa shape index (κ2) is 6.80. The Labute approximate surface area is 149 Å². The molecule has 0 spiro atoms. The summed E-state index contributed by atoms with van der Waals surface area (Å²) in [6.07, 6.45) is 3.41. The van der Waals surface area contributed by atoms with Gasteiger partial charge in [0.25, 0.3) is 11.4 Å². The second-order valence-corrected chi connectivity index (χ2v) is 6.06. The minimum Gasteiger partial charge on any atom is -0.493 e. The molecular weight excluding hydrogens is 338 g/mol. The summed E-state index contributed by atoms with van der Waals surface area (Å²) in [5.41, 5.74) is -0.160. The molecule has 8 nitrogen and oxygen atoms in total. The van der Waals surface area contributed by atoms with Gasteiger partial charge in [-0.25, -0.2) is 0 Å². The maximum atomic E-state index is 12.8. The summed E-state index contributed by atoms with van der Waals surface area (Å²) in [6, 6.07) is 5.26. The molecule has 0 saturated carbocycles. The van der Waals surface area contributed by atoms with E-state index in [1.165, 1.54) is 0 Å². The number of methoxy groups -OCH3 is 2. The first-order chi connectivity index (χ1) is 12.7. The number of hydrogen-bond donors (Lipinski definition) is 0. The van der Waals surface area contributed by atoms with Crippen molar-refractivity contribution in [3.8, 4) is 11.5 Å². The molecule has 0 amide bonds. The zero-order valence-electron chi connectivity index (χ0n) is 14.6. The van der Waals surface area contributed by atoms with Crippen LogP contribution in [0.5, 0.6) is 11.5 Å². The highest BCUT2D eigenvalue weighted by Crippen LogP contribution is 2.33. The lowest BCUT2D eigenvalue weighted by Gasteiger charge is -2.11. The van der Waals surface area contributed by atoms with Crippen LogP contribution in [0.4, 0.5) is 0 Å². The number of ether oxygens (including phenoxy) is 3. The monoisotopic (exact) mass is 357 g/mol. The Bertz CT molecular complexity index is 988. The highest BCUT2D eigenvalue weighted by atomic mass is 16.5. The number of aromatic nitrogens is 3. The van der Waals surface area contributed by atoms with Crippen molar-refractivity contribution in [2.75, 3.05) is 20.8 Å². The number of nitrogens with zero attached hydrogens (tertiary/aromatic N) is 3. The second-order valence-electron chi connectivity index (χ2n) is 6.06. The molecule has 3 heterocycles. The quantitative estimate of drug-likeness (QED) is 0.692. The van der Waals surface area contributed by atoms with Gasteiger partial charge in [-0.3, -0.25) is 4.79 Å². The lowest BCUT2D eigenvalue weighted by Crippen LogP contribution is -2.20. The Hall–Kier alpha value is -2.87. The molecule has 1 saturated heterocycles. The first-order valence-corrected chi connectivity index (χ1v) is 8.39. The molecule has 1 unspecified atom stereocenters. The molecule has 0 radical (unpaired) electrons. The Balaban J connectivity index is 1.67. The van der Waals surface area contributed by atoms with E-state index < -0.39 is 0 Å². The van der Waals surface area contributed by atoms with Gasteiger partial charge in [0.15, 0.2) is 17.3 Å². The Morgan fingerprint density at radius 3 is 2.85 bits per heavy atom. The fourth-order valence-electron chi connectivity index (χ4n) is 3.20. The summed E-state index contributed by atoms with van der Waals surface area (Å²) in [4.78, 5) is 17.2. The third-order valence-corrected chi connectivity index (χ3v) is 4.50. The van der Waals surface area contributed by atoms with Crippen LogP contribution in [-0.4, -0.2) is 35.5 Å². The van der Waals surface area contributed by atoms with Crippen molar-refractivity contribution in [3.63, 3.8) is 0 Å². The van der Waals surface area contributed by atoms with Crippen molar-refractivity contribution >= 4 is 10.8 Å². The number of fused-ring (bicyclic) bond motifs is 1. The van der Waals surface area contributed by atoms with Crippen molar-refractivity contribution in [2.45, 2.75) is 25.5 Å². The normalized spacial score (nSPS) is 16.9. The smallest absolute Gasteiger partial charge is 0.258 e. The predicted molar refractivity (Wildman–Crippen MR) is 92.6 cm³/mol. The van der Waals surface area contributed by atoms with Crippen molar-refractivity contribution in [1.82, 2.24) is 14.7 Å². The molecule has 2 aromatic heterocycles. The van der Waals surface area contributed by atoms with Gasteiger partial charge in [-0.1, -0.05) is 5.16 Å². The first-order valence-electron chi connectivity index (χ1n) is 8.39. The number of rotatable bonds is 5. The van der Waals surface area contributed by atoms with Crippen molar-refractivity contribution in [3.05, 3.63) is 46.5 Å². The molecule has 0 bridgehead atoms. The largest absolute Gasteiger partial charge is 0.493 e. The summed E-state index contributed by atoms with van der Waals surface area (Å²) < 4.78 is 23.0. The molecule has 1 aromatic carbocycles. The van der Waals surface area contributed by atoms with Crippen LogP contribution in [-0.2, 0) is 11.3 Å². The number of hydrogen-bond acceptors (Lipinski definition) is 7. The summed E-state index contributed by atoms with van der Waals surface area (Å²) in [5, 5.41) is 5.20. The van der Waals surface area contributed by atoms with Gasteiger partial charge in [-0.15, -0.1) is 0 Å². The SMILES string of the molecule is COc1ccc2c(=O)n(Cc3noc(C4CCCO4)n3)ccc2c1OC. The summed E-state index contributed by atoms with van der Waals surface area (Å²) in [7, 11) is 3.11. The van der Waals surface area contributed by atoms with E-state index in [0.29, 0.717) is 40.6 Å². The van der Waals surface area contributed by atoms with Gasteiger partial charge in [0.1, 0.15) is 6.10 Å². The van der Waals surface area contributed by atoms with Gasteiger partial charge >= 0.3 is 0 Å². The van der Waals surface area contributed by atoms with Crippen LogP contribution in [0.2, 0.25) is 0 Å². The van der Waals surface area contributed by atoms with E-state index in [1.807, 2.05) is 6.07 Å². The minimum atomic E-state index is -0.160. The molecule has 26 heavy (non-hydrogen) atoms. The third-order valence-electron chi connectivity index (χ3n) is 4.50. The maximum Gasteiger partial charge on any atom is 0.258 e. The van der Waals surface area contributed by atoms with Gasteiger partial charge in [0.2, 0.25) is 0 Å². The van der Waals surface area contributed by atoms with E-state index in [4.69, 9.17) is 18.7 Å². The molecule has 8 heteroatoms. The maximum absolute atomic E-state index is 12.8. The van der Waals surface area contributed by atoms with Crippen LogP contribution in [0.15, 0.2) is 33.7 Å². The Kier molecular flexibility index (Phi) is 4.34. The van der Waals surface area contributed by atoms with E-state index in [0.717, 1.165) is 12.8 Å². The van der Waals surface area contributed by atoms with E-state index in [2.05, 4.69) is 10.1 Å². The van der Waals surface area contributed by atoms with Crippen LogP contribution < -0.4 is 15.0 Å². The average Bonchev–Trinajstić information content (AvgIpc) is 3.34. The topological polar surface area (TPSA) is 88.6 Å². The number of pyridine rings is 1. The Morgan fingerprint density at radius 2 is 2.12 bits per heavy atom. The molecule has 1 aliphatic rings. The van der Waals surface area contributed by atoms with Gasteiger partial charge in [0, 0.05) is 18.2 Å². The average molecular weight is 357 g/mol. The highest BCUT2D eigenvalue weighted by Gasteiger charge is 2.24. The van der Waals surface area contributed by atoms with Crippen molar-refractivity contribution < 1.29 is 18.7 Å². The summed E-state index contributed by atoms with van der Waals surface area (Å²) in [6.45, 7) is 0.928. The summed E-state index contributed by atoms with van der Waals surface area (Å²) >= 11 is 0. The van der Waals surface area contributed by atoms with Gasteiger partial charge < -0.3 is 23.3 Å². The van der Waals surface area contributed by atoms with Crippen LogP contribution >= 0.6 is 0 Å². The zero-order chi connectivity index (χ0) is 18.1. The lowest BCUT2D eigenvalue weighted by molar-refractivity contribution is 0.0835. The molecule has 1 fully saturated rings. The fourth-order valence-corrected chi connectivity index (χ4v) is 3.20. The molecule has 0 aliphatic carbocycles. The fraction of sp³-hybridized carbons (Fsp3) is 0.389. The molecule has 0 N–H and O–H groups in total. The van der Waals surface area contributed by atoms with E-state index >= 15 is 0 Å². The Morgan fingerprint density at radius 1 is 1.23 bits per heavy atom. The lowest BCUT2D eigenvalue weighted by atomic mass is 10.1. The van der Waals surface area contributed by atoms with Gasteiger partial charge in [0.05, 0.1) is 26.2 Å². The van der Waals surface area contributed by atoms with Gasteiger partial charge in [-0.05, 0) is 31.0 Å². The molecular formula is C18H19N3O5. The van der Waals surface area contributed by atoms with E-state index in [-0.39, 0.29) is 18.2 Å². The zero-order valence-corrected chi connectivity index (χ0v) is 14.6. The standard InChI is InChI=1S/C18H19N3O5/c1-23-13-6-5-12-11(16(13)24-2)7-8-21(18(12)22)10-15-19-17(26-20-15)14-4-3-9-25-14/h5-8,14H,3-4,9-10H2,1-2H3. The minimum absolute atomic E-state index is 0.138. The van der Waals surface area contributed by atoms with E-state index in [9.17, 15) is 4.79 Å². The van der Waals surface area contributed by atoms with Crippen LogP contribution in [0.3, 0.4) is 0 Å². The predicted octanol–water partition coefficient (Wildman–Crippen LogP) is 2.30. The molecule has 4 rings (SSSR count). The molecule has 1 atom stereocenters. The van der Waals surface area contributed by atoms with Crippen molar-refractivity contribution in [1.29, 1.82) is 0 Å². The third kappa shape index (κ3) is 2.82. The van der Waals surface area contributed by atoms with Crippen LogP contribution in [0, 0.1) is 0 Å². The van der Waals surface area contributed by atoms with Crippen LogP contribution in [0.1, 0.15) is 30.7 Å². The molecule has 3 aromatic rings. The first kappa shape index (κ1) is 16.6. The summed E-state index contributed by atoms with van der Waals surface area (Å²) in [5.74, 6) is 2.03. The molecule has 136 valence electrons. The van der Waals surface area contributed by atoms with Crippen molar-refractivity contribution in [2.24, 2.45) is 0 Å². The number of benzene rings is 1. The highest BCUT2D eigenvalue weighted by molar-refractivity contribution is 5.90. The van der Waals surface area contributed by atoms with Crippen LogP contribution in [0.25, 0.3) is 10.8 Å².